The van der Waals surface area contributed by atoms with E-state index in [1.165, 1.54) is 34.2 Å². The van der Waals surface area contributed by atoms with Crippen LogP contribution >= 0.6 is 11.3 Å². The van der Waals surface area contributed by atoms with Crippen LogP contribution in [0, 0.1) is 0 Å². The average molecular weight is 187 g/mol. The fourth-order valence-electron chi connectivity index (χ4n) is 1.84. The number of aromatic nitrogens is 1. The van der Waals surface area contributed by atoms with Crippen LogP contribution in [0.25, 0.3) is 16.3 Å². The summed E-state index contributed by atoms with van der Waals surface area (Å²) in [5.41, 5.74) is 5.89. The number of thiazole rings is 1. The highest BCUT2D eigenvalue weighted by atomic mass is 32.1. The number of benzene rings is 1. The first-order valence-electron chi connectivity index (χ1n) is 4.47. The lowest BCUT2D eigenvalue weighted by Crippen LogP contribution is -1.93. The molecule has 2 heteroatoms. The fourth-order valence-corrected chi connectivity index (χ4v) is 2.53. The molecule has 1 aliphatic rings. The second kappa shape index (κ2) is 2.67. The van der Waals surface area contributed by atoms with Gasteiger partial charge < -0.3 is 0 Å². The lowest BCUT2D eigenvalue weighted by atomic mass is 9.97. The van der Waals surface area contributed by atoms with Crippen molar-refractivity contribution in [1.82, 2.24) is 4.98 Å². The SMILES string of the molecule is C1=Cc2c(ccc3scnc23)CC1. The van der Waals surface area contributed by atoms with Crippen LogP contribution in [0.2, 0.25) is 0 Å². The van der Waals surface area contributed by atoms with Gasteiger partial charge in [-0.3, -0.25) is 0 Å². The number of hydrogen-bond donors (Lipinski definition) is 0. The zero-order chi connectivity index (χ0) is 8.67. The van der Waals surface area contributed by atoms with Crippen LogP contribution in [-0.4, -0.2) is 4.98 Å². The Labute approximate surface area is 80.7 Å². The molecule has 0 unspecified atom stereocenters. The van der Waals surface area contributed by atoms with Gasteiger partial charge in [-0.05, 0) is 24.5 Å². The Bertz CT molecular complexity index is 482. The van der Waals surface area contributed by atoms with E-state index >= 15 is 0 Å². The minimum absolute atomic E-state index is 1.17. The molecule has 0 saturated carbocycles. The third-order valence-electron chi connectivity index (χ3n) is 2.50. The van der Waals surface area contributed by atoms with Crippen molar-refractivity contribution in [3.05, 3.63) is 34.8 Å². The second-order valence-electron chi connectivity index (χ2n) is 3.28. The molecule has 1 aromatic carbocycles. The van der Waals surface area contributed by atoms with Gasteiger partial charge in [-0.25, -0.2) is 4.98 Å². The van der Waals surface area contributed by atoms with E-state index in [1.807, 2.05) is 5.51 Å². The second-order valence-corrected chi connectivity index (χ2v) is 4.16. The monoisotopic (exact) mass is 187 g/mol. The molecular formula is C11H9NS. The molecule has 2 aromatic rings. The minimum atomic E-state index is 1.17. The molecule has 1 heterocycles. The van der Waals surface area contributed by atoms with E-state index in [4.69, 9.17) is 0 Å². The van der Waals surface area contributed by atoms with E-state index in [9.17, 15) is 0 Å². The van der Waals surface area contributed by atoms with Crippen LogP contribution in [0.3, 0.4) is 0 Å². The molecule has 0 amide bonds. The van der Waals surface area contributed by atoms with Crippen LogP contribution in [0.1, 0.15) is 17.5 Å². The highest BCUT2D eigenvalue weighted by Crippen LogP contribution is 2.28. The van der Waals surface area contributed by atoms with Gasteiger partial charge in [0.05, 0.1) is 15.7 Å². The summed E-state index contributed by atoms with van der Waals surface area (Å²) in [5, 5.41) is 0. The van der Waals surface area contributed by atoms with Gasteiger partial charge in [0, 0.05) is 5.56 Å². The molecule has 1 aliphatic carbocycles. The van der Waals surface area contributed by atoms with Crippen LogP contribution in [-0.2, 0) is 6.42 Å². The number of fused-ring (bicyclic) bond motifs is 3. The van der Waals surface area contributed by atoms with Gasteiger partial charge in [0.15, 0.2) is 0 Å². The van der Waals surface area contributed by atoms with Crippen LogP contribution < -0.4 is 0 Å². The lowest BCUT2D eigenvalue weighted by molar-refractivity contribution is 0.989. The first kappa shape index (κ1) is 7.27. The molecule has 0 fully saturated rings. The van der Waals surface area contributed by atoms with Gasteiger partial charge in [0.25, 0.3) is 0 Å². The molecule has 0 N–H and O–H groups in total. The smallest absolute Gasteiger partial charge is 0.0886 e. The zero-order valence-corrected chi connectivity index (χ0v) is 7.97. The zero-order valence-electron chi connectivity index (χ0n) is 7.16. The van der Waals surface area contributed by atoms with Gasteiger partial charge in [-0.1, -0.05) is 18.2 Å². The summed E-state index contributed by atoms with van der Waals surface area (Å²) < 4.78 is 1.30. The third kappa shape index (κ3) is 1.02. The molecule has 1 aromatic heterocycles. The highest BCUT2D eigenvalue weighted by molar-refractivity contribution is 7.16. The van der Waals surface area contributed by atoms with Crippen molar-refractivity contribution >= 4 is 27.6 Å². The molecule has 64 valence electrons. The van der Waals surface area contributed by atoms with E-state index in [0.29, 0.717) is 0 Å². The Kier molecular flexibility index (Phi) is 1.49. The molecule has 0 atom stereocenters. The van der Waals surface area contributed by atoms with E-state index in [1.54, 1.807) is 11.3 Å². The largest absolute Gasteiger partial charge is 0.244 e. The molecule has 0 saturated heterocycles. The van der Waals surface area contributed by atoms with Crippen molar-refractivity contribution in [2.75, 3.05) is 0 Å². The molecule has 1 nitrogen and oxygen atoms in total. The summed E-state index contributed by atoms with van der Waals surface area (Å²) in [5.74, 6) is 0. The van der Waals surface area contributed by atoms with E-state index in [2.05, 4.69) is 29.3 Å². The highest BCUT2D eigenvalue weighted by Gasteiger charge is 2.09. The van der Waals surface area contributed by atoms with Crippen LogP contribution in [0.4, 0.5) is 0 Å². The molecule has 0 aliphatic heterocycles. The van der Waals surface area contributed by atoms with Crippen molar-refractivity contribution < 1.29 is 0 Å². The first-order chi connectivity index (χ1) is 6.45. The van der Waals surface area contributed by atoms with Gasteiger partial charge in [-0.15, -0.1) is 11.3 Å². The third-order valence-corrected chi connectivity index (χ3v) is 3.29. The summed E-state index contributed by atoms with van der Waals surface area (Å²) in [6.45, 7) is 0. The van der Waals surface area contributed by atoms with Gasteiger partial charge in [0.1, 0.15) is 0 Å². The Morgan fingerprint density at radius 3 is 3.31 bits per heavy atom. The maximum Gasteiger partial charge on any atom is 0.0886 e. The summed E-state index contributed by atoms with van der Waals surface area (Å²) in [6, 6.07) is 4.42. The Morgan fingerprint density at radius 2 is 2.31 bits per heavy atom. The van der Waals surface area contributed by atoms with E-state index in [-0.39, 0.29) is 0 Å². The number of aryl methyl sites for hydroxylation is 1. The standard InChI is InChI=1S/C11H9NS/c1-2-4-9-8(3-1)5-6-10-11(9)12-7-13-10/h2,4-7H,1,3H2. The first-order valence-corrected chi connectivity index (χ1v) is 5.35. The molecule has 3 rings (SSSR count). The van der Waals surface area contributed by atoms with Gasteiger partial charge in [-0.2, -0.15) is 0 Å². The van der Waals surface area contributed by atoms with Crippen molar-refractivity contribution in [3.63, 3.8) is 0 Å². The number of allylic oxidation sites excluding steroid dienone is 1. The number of nitrogens with zero attached hydrogens (tertiary/aromatic N) is 1. The van der Waals surface area contributed by atoms with Crippen LogP contribution in [0.15, 0.2) is 23.7 Å². The van der Waals surface area contributed by atoms with Crippen molar-refractivity contribution in [1.29, 1.82) is 0 Å². The van der Waals surface area contributed by atoms with Gasteiger partial charge in [0.2, 0.25) is 0 Å². The summed E-state index contributed by atoms with van der Waals surface area (Å²) in [7, 11) is 0. The summed E-state index contributed by atoms with van der Waals surface area (Å²) >= 11 is 1.72. The number of hydrogen-bond acceptors (Lipinski definition) is 2. The maximum absolute atomic E-state index is 4.40. The van der Waals surface area contributed by atoms with Crippen molar-refractivity contribution in [2.24, 2.45) is 0 Å². The fraction of sp³-hybridized carbons (Fsp3) is 0.182. The van der Waals surface area contributed by atoms with Crippen LogP contribution in [0.5, 0.6) is 0 Å². The normalized spacial score (nSPS) is 14.8. The average Bonchev–Trinajstić information content (AvgIpc) is 2.65. The van der Waals surface area contributed by atoms with Gasteiger partial charge >= 0.3 is 0 Å². The quantitative estimate of drug-likeness (QED) is 0.617. The topological polar surface area (TPSA) is 12.9 Å². The molecule has 13 heavy (non-hydrogen) atoms. The van der Waals surface area contributed by atoms with Crippen molar-refractivity contribution in [2.45, 2.75) is 12.8 Å². The Hall–Kier alpha value is -1.15. The molecular weight excluding hydrogens is 178 g/mol. The summed E-state index contributed by atoms with van der Waals surface area (Å²) in [6.07, 6.45) is 6.78. The van der Waals surface area contributed by atoms with E-state index in [0.717, 1.165) is 0 Å². The lowest BCUT2D eigenvalue weighted by Gasteiger charge is -2.09. The molecule has 0 radical (unpaired) electrons. The number of rotatable bonds is 0. The Morgan fingerprint density at radius 1 is 1.31 bits per heavy atom. The van der Waals surface area contributed by atoms with E-state index < -0.39 is 0 Å². The predicted molar refractivity (Wildman–Crippen MR) is 57.0 cm³/mol. The Balaban J connectivity index is 2.43. The predicted octanol–water partition coefficient (Wildman–Crippen LogP) is 3.26. The molecule has 0 spiro atoms. The minimum Gasteiger partial charge on any atom is -0.244 e. The summed E-state index contributed by atoms with van der Waals surface area (Å²) in [4.78, 5) is 4.40. The molecule has 0 bridgehead atoms. The van der Waals surface area contributed by atoms with Crippen molar-refractivity contribution in [3.8, 4) is 0 Å². The maximum atomic E-state index is 4.40.